The highest BCUT2D eigenvalue weighted by Gasteiger charge is 2.33. The lowest BCUT2D eigenvalue weighted by atomic mass is 10.1. The zero-order valence-corrected chi connectivity index (χ0v) is 11.2. The van der Waals surface area contributed by atoms with Crippen LogP contribution in [-0.2, 0) is 11.3 Å². The van der Waals surface area contributed by atoms with Crippen LogP contribution in [0.5, 0.6) is 5.75 Å². The van der Waals surface area contributed by atoms with Gasteiger partial charge in [-0.25, -0.2) is 0 Å². The summed E-state index contributed by atoms with van der Waals surface area (Å²) in [7, 11) is 0. The molecule has 2 bridgehead atoms. The lowest BCUT2D eigenvalue weighted by Crippen LogP contribution is -2.41. The van der Waals surface area contributed by atoms with Crippen LogP contribution in [-0.4, -0.2) is 35.3 Å². The van der Waals surface area contributed by atoms with Gasteiger partial charge >= 0.3 is 0 Å². The number of ether oxygens (including phenoxy) is 1. The van der Waals surface area contributed by atoms with Crippen molar-refractivity contribution in [2.45, 2.75) is 31.6 Å². The molecule has 2 aliphatic heterocycles. The second-order valence-electron chi connectivity index (χ2n) is 4.92. The summed E-state index contributed by atoms with van der Waals surface area (Å²) in [6.07, 6.45) is 3.18. The van der Waals surface area contributed by atoms with Gasteiger partial charge < -0.3 is 9.84 Å². The molecule has 3 rings (SSSR count). The fraction of sp³-hybridized carbons (Fsp3) is 0.538. The van der Waals surface area contributed by atoms with Crippen LogP contribution in [0.3, 0.4) is 0 Å². The van der Waals surface area contributed by atoms with E-state index in [1.54, 1.807) is 6.07 Å². The third kappa shape index (κ3) is 2.49. The topological polar surface area (TPSA) is 32.7 Å². The van der Waals surface area contributed by atoms with Crippen LogP contribution in [0.4, 0.5) is 0 Å². The zero-order valence-electron chi connectivity index (χ0n) is 9.60. The summed E-state index contributed by atoms with van der Waals surface area (Å²) >= 11 is 3.44. The zero-order chi connectivity index (χ0) is 11.8. The first-order chi connectivity index (χ1) is 8.20. The molecule has 2 atom stereocenters. The maximum Gasteiger partial charge on any atom is 0.120 e. The van der Waals surface area contributed by atoms with Gasteiger partial charge in [-0.2, -0.15) is 0 Å². The van der Waals surface area contributed by atoms with E-state index >= 15 is 0 Å². The average molecular weight is 298 g/mol. The van der Waals surface area contributed by atoms with Gasteiger partial charge in [0.1, 0.15) is 5.75 Å². The highest BCUT2D eigenvalue weighted by molar-refractivity contribution is 9.10. The quantitative estimate of drug-likeness (QED) is 0.910. The van der Waals surface area contributed by atoms with Gasteiger partial charge in [0.25, 0.3) is 0 Å². The minimum Gasteiger partial charge on any atom is -0.508 e. The van der Waals surface area contributed by atoms with E-state index in [9.17, 15) is 5.11 Å². The molecular formula is C13H16BrNO2. The van der Waals surface area contributed by atoms with Crippen molar-refractivity contribution in [2.24, 2.45) is 0 Å². The van der Waals surface area contributed by atoms with Crippen LogP contribution >= 0.6 is 15.9 Å². The number of hydrogen-bond acceptors (Lipinski definition) is 3. The minimum atomic E-state index is 0.382. The summed E-state index contributed by atoms with van der Waals surface area (Å²) in [5.74, 6) is 0.382. The average Bonchev–Trinajstić information content (AvgIpc) is 2.63. The van der Waals surface area contributed by atoms with Crippen molar-refractivity contribution in [1.29, 1.82) is 0 Å². The van der Waals surface area contributed by atoms with Crippen LogP contribution in [0.2, 0.25) is 0 Å². The summed E-state index contributed by atoms with van der Waals surface area (Å²) in [5.41, 5.74) is 0.987. The van der Waals surface area contributed by atoms with Crippen LogP contribution in [0.25, 0.3) is 0 Å². The Labute approximate surface area is 110 Å². The molecule has 0 amide bonds. The van der Waals surface area contributed by atoms with Gasteiger partial charge in [-0.05, 0) is 31.0 Å². The number of halogens is 1. The maximum absolute atomic E-state index is 9.83. The van der Waals surface area contributed by atoms with Gasteiger partial charge in [-0.1, -0.05) is 15.9 Å². The molecule has 17 heavy (non-hydrogen) atoms. The molecule has 0 saturated carbocycles. The highest BCUT2D eigenvalue weighted by atomic mass is 79.9. The largest absolute Gasteiger partial charge is 0.508 e. The number of hydrogen-bond donors (Lipinski definition) is 1. The second kappa shape index (κ2) is 4.59. The SMILES string of the molecule is Oc1ccc(Br)cc1CN1CC2CCC(C1)O2. The van der Waals surface area contributed by atoms with Gasteiger partial charge in [0.15, 0.2) is 0 Å². The molecule has 0 spiro atoms. The van der Waals surface area contributed by atoms with Gasteiger partial charge in [-0.15, -0.1) is 0 Å². The van der Waals surface area contributed by atoms with Crippen LogP contribution < -0.4 is 0 Å². The smallest absolute Gasteiger partial charge is 0.120 e. The predicted molar refractivity (Wildman–Crippen MR) is 69.0 cm³/mol. The first-order valence-electron chi connectivity index (χ1n) is 6.06. The van der Waals surface area contributed by atoms with Crippen molar-refractivity contribution in [1.82, 2.24) is 4.90 Å². The normalized spacial score (nSPS) is 28.5. The number of rotatable bonds is 2. The number of morpholine rings is 1. The van der Waals surface area contributed by atoms with Gasteiger partial charge in [-0.3, -0.25) is 4.90 Å². The number of benzene rings is 1. The van der Waals surface area contributed by atoms with E-state index < -0.39 is 0 Å². The Hall–Kier alpha value is -0.580. The first kappa shape index (κ1) is 11.5. The van der Waals surface area contributed by atoms with Gasteiger partial charge in [0.2, 0.25) is 0 Å². The molecule has 0 aromatic heterocycles. The van der Waals surface area contributed by atoms with E-state index in [0.29, 0.717) is 18.0 Å². The number of phenols is 1. The second-order valence-corrected chi connectivity index (χ2v) is 5.84. The number of phenolic OH excluding ortho intramolecular Hbond substituents is 1. The molecule has 2 heterocycles. The molecule has 4 heteroatoms. The molecule has 1 aromatic carbocycles. The monoisotopic (exact) mass is 297 g/mol. The van der Waals surface area contributed by atoms with E-state index in [1.807, 2.05) is 12.1 Å². The molecular weight excluding hydrogens is 282 g/mol. The summed E-state index contributed by atoms with van der Waals surface area (Å²) in [5, 5.41) is 9.83. The van der Waals surface area contributed by atoms with Crippen LogP contribution in [0.15, 0.2) is 22.7 Å². The lowest BCUT2D eigenvalue weighted by molar-refractivity contribution is -0.0412. The fourth-order valence-corrected chi connectivity index (χ4v) is 3.16. The number of fused-ring (bicyclic) bond motifs is 2. The van der Waals surface area contributed by atoms with Crippen molar-refractivity contribution >= 4 is 15.9 Å². The van der Waals surface area contributed by atoms with E-state index in [1.165, 1.54) is 12.8 Å². The maximum atomic E-state index is 9.83. The summed E-state index contributed by atoms with van der Waals surface area (Å²) in [4.78, 5) is 2.38. The van der Waals surface area contributed by atoms with E-state index in [2.05, 4.69) is 20.8 Å². The van der Waals surface area contributed by atoms with Crippen LogP contribution in [0, 0.1) is 0 Å². The van der Waals surface area contributed by atoms with Gasteiger partial charge in [0, 0.05) is 29.7 Å². The molecule has 1 aromatic rings. The molecule has 3 nitrogen and oxygen atoms in total. The highest BCUT2D eigenvalue weighted by Crippen LogP contribution is 2.29. The molecule has 92 valence electrons. The first-order valence-corrected chi connectivity index (χ1v) is 6.85. The molecule has 1 N–H and O–H groups in total. The molecule has 2 unspecified atom stereocenters. The number of aromatic hydroxyl groups is 1. The van der Waals surface area contributed by atoms with Crippen molar-refractivity contribution in [3.05, 3.63) is 28.2 Å². The van der Waals surface area contributed by atoms with Gasteiger partial charge in [0.05, 0.1) is 12.2 Å². The third-order valence-corrected chi connectivity index (χ3v) is 4.05. The molecule has 2 aliphatic rings. The fourth-order valence-electron chi connectivity index (χ4n) is 2.75. The third-order valence-electron chi connectivity index (χ3n) is 3.55. The standard InChI is InChI=1S/C13H16BrNO2/c14-10-1-4-13(16)9(5-10)6-15-7-11-2-3-12(8-15)17-11/h1,4-5,11-12,16H,2-3,6-8H2. The number of likely N-dealkylation sites (tertiary alicyclic amines) is 1. The molecule has 2 fully saturated rings. The Balaban J connectivity index is 1.72. The Morgan fingerprint density at radius 3 is 2.71 bits per heavy atom. The molecule has 0 radical (unpaired) electrons. The van der Waals surface area contributed by atoms with E-state index in [4.69, 9.17) is 4.74 Å². The Kier molecular flexibility index (Phi) is 3.11. The predicted octanol–water partition coefficient (Wildman–Crippen LogP) is 2.52. The van der Waals surface area contributed by atoms with Crippen molar-refractivity contribution in [3.8, 4) is 5.75 Å². The summed E-state index contributed by atoms with van der Waals surface area (Å²) in [6, 6.07) is 5.60. The van der Waals surface area contributed by atoms with Crippen molar-refractivity contribution in [3.63, 3.8) is 0 Å². The number of nitrogens with zero attached hydrogens (tertiary/aromatic N) is 1. The minimum absolute atomic E-state index is 0.382. The Morgan fingerprint density at radius 1 is 1.29 bits per heavy atom. The summed E-state index contributed by atoms with van der Waals surface area (Å²) < 4.78 is 6.82. The molecule has 0 aliphatic carbocycles. The molecule has 2 saturated heterocycles. The van der Waals surface area contributed by atoms with E-state index in [-0.39, 0.29) is 0 Å². The lowest BCUT2D eigenvalue weighted by Gasteiger charge is -2.32. The van der Waals surface area contributed by atoms with Crippen LogP contribution in [0.1, 0.15) is 18.4 Å². The van der Waals surface area contributed by atoms with E-state index in [0.717, 1.165) is 29.7 Å². The Morgan fingerprint density at radius 2 is 2.00 bits per heavy atom. The van der Waals surface area contributed by atoms with Crippen molar-refractivity contribution < 1.29 is 9.84 Å². The van der Waals surface area contributed by atoms with Crippen molar-refractivity contribution in [2.75, 3.05) is 13.1 Å². The summed E-state index contributed by atoms with van der Waals surface area (Å²) in [6.45, 7) is 2.78. The Bertz CT molecular complexity index is 412.